The van der Waals surface area contributed by atoms with Gasteiger partial charge in [-0.1, -0.05) is 0 Å². The van der Waals surface area contributed by atoms with Gasteiger partial charge in [-0.25, -0.2) is 8.78 Å². The summed E-state index contributed by atoms with van der Waals surface area (Å²) in [6, 6.07) is 8.10. The first-order valence-corrected chi connectivity index (χ1v) is 6.48. The zero-order valence-corrected chi connectivity index (χ0v) is 11.0. The van der Waals surface area contributed by atoms with Crippen LogP contribution in [0.15, 0.2) is 36.4 Å². The monoisotopic (exact) mass is 290 g/mol. The highest BCUT2D eigenvalue weighted by molar-refractivity contribution is 5.79. The van der Waals surface area contributed by atoms with Crippen LogP contribution in [0.2, 0.25) is 0 Å². The molecule has 0 amide bonds. The Morgan fingerprint density at radius 3 is 2.76 bits per heavy atom. The summed E-state index contributed by atoms with van der Waals surface area (Å²) < 4.78 is 37.3. The second-order valence-corrected chi connectivity index (χ2v) is 4.81. The van der Waals surface area contributed by atoms with Crippen molar-refractivity contribution < 1.29 is 23.0 Å². The lowest BCUT2D eigenvalue weighted by molar-refractivity contribution is 0.111. The number of fused-ring (bicyclic) bond motifs is 1. The van der Waals surface area contributed by atoms with E-state index in [0.717, 1.165) is 11.6 Å². The Balaban J connectivity index is 1.66. The molecule has 0 spiro atoms. The fourth-order valence-electron chi connectivity index (χ4n) is 2.31. The average molecular weight is 290 g/mol. The minimum Gasteiger partial charge on any atom is -0.489 e. The van der Waals surface area contributed by atoms with Crippen molar-refractivity contribution in [2.75, 3.05) is 6.61 Å². The summed E-state index contributed by atoms with van der Waals surface area (Å²) >= 11 is 0. The quantitative estimate of drug-likeness (QED) is 0.811. The predicted molar refractivity (Wildman–Crippen MR) is 71.8 cm³/mol. The van der Waals surface area contributed by atoms with Crippen molar-refractivity contribution in [1.82, 2.24) is 0 Å². The molecule has 0 N–H and O–H groups in total. The summed E-state index contributed by atoms with van der Waals surface area (Å²) in [7, 11) is 0. The van der Waals surface area contributed by atoms with E-state index in [1.165, 1.54) is 24.3 Å². The highest BCUT2D eigenvalue weighted by Crippen LogP contribution is 2.29. The highest BCUT2D eigenvalue weighted by atomic mass is 19.1. The normalized spacial score (nSPS) is 16.2. The number of hydrogen-bond donors (Lipinski definition) is 0. The van der Waals surface area contributed by atoms with Gasteiger partial charge in [-0.15, -0.1) is 0 Å². The van der Waals surface area contributed by atoms with Gasteiger partial charge in [-0.05, 0) is 36.4 Å². The summed E-state index contributed by atoms with van der Waals surface area (Å²) in [5, 5.41) is 0. The lowest BCUT2D eigenvalue weighted by atomic mass is 10.1. The summed E-state index contributed by atoms with van der Waals surface area (Å²) in [5.74, 6) is 0.141. The van der Waals surface area contributed by atoms with E-state index in [-0.39, 0.29) is 24.1 Å². The number of rotatable bonds is 4. The second-order valence-electron chi connectivity index (χ2n) is 4.81. The van der Waals surface area contributed by atoms with Gasteiger partial charge in [0, 0.05) is 12.0 Å². The van der Waals surface area contributed by atoms with Crippen molar-refractivity contribution in [1.29, 1.82) is 0 Å². The van der Waals surface area contributed by atoms with Gasteiger partial charge in [0.05, 0.1) is 5.56 Å². The fraction of sp³-hybridized carbons (Fsp3) is 0.188. The van der Waals surface area contributed by atoms with E-state index in [1.54, 1.807) is 6.07 Å². The highest BCUT2D eigenvalue weighted by Gasteiger charge is 2.24. The third kappa shape index (κ3) is 2.86. The molecule has 0 aromatic heterocycles. The minimum absolute atomic E-state index is 0.150. The van der Waals surface area contributed by atoms with Crippen LogP contribution >= 0.6 is 0 Å². The molecule has 1 heterocycles. The summed E-state index contributed by atoms with van der Waals surface area (Å²) in [5.41, 5.74) is 0.940. The molecule has 0 aliphatic carbocycles. The zero-order chi connectivity index (χ0) is 14.8. The van der Waals surface area contributed by atoms with Crippen molar-refractivity contribution in [3.63, 3.8) is 0 Å². The Morgan fingerprint density at radius 1 is 1.19 bits per heavy atom. The van der Waals surface area contributed by atoms with Crippen LogP contribution in [0.25, 0.3) is 0 Å². The maximum absolute atomic E-state index is 13.1. The molecule has 1 unspecified atom stereocenters. The van der Waals surface area contributed by atoms with Crippen LogP contribution in [0.3, 0.4) is 0 Å². The molecule has 2 aromatic rings. The van der Waals surface area contributed by atoms with E-state index in [4.69, 9.17) is 9.47 Å². The van der Waals surface area contributed by atoms with Crippen molar-refractivity contribution in [3.8, 4) is 11.5 Å². The molecule has 21 heavy (non-hydrogen) atoms. The van der Waals surface area contributed by atoms with Gasteiger partial charge in [0.25, 0.3) is 0 Å². The fourth-order valence-corrected chi connectivity index (χ4v) is 2.31. The third-order valence-corrected chi connectivity index (χ3v) is 3.29. The molecule has 1 aliphatic rings. The molecular formula is C16H12F2O3. The van der Waals surface area contributed by atoms with E-state index in [2.05, 4.69) is 0 Å². The number of carbonyl (C=O) groups excluding carboxylic acids is 1. The van der Waals surface area contributed by atoms with Crippen LogP contribution in [-0.4, -0.2) is 19.0 Å². The zero-order valence-electron chi connectivity index (χ0n) is 11.0. The number of ether oxygens (including phenoxy) is 2. The van der Waals surface area contributed by atoms with E-state index in [1.807, 2.05) is 0 Å². The lowest BCUT2D eigenvalue weighted by Gasteiger charge is -2.13. The van der Waals surface area contributed by atoms with Crippen LogP contribution in [0, 0.1) is 11.6 Å². The Kier molecular flexibility index (Phi) is 3.56. The largest absolute Gasteiger partial charge is 0.489 e. The van der Waals surface area contributed by atoms with E-state index in [0.29, 0.717) is 24.2 Å². The summed E-state index contributed by atoms with van der Waals surface area (Å²) in [6.45, 7) is 0.197. The van der Waals surface area contributed by atoms with Gasteiger partial charge in [0.15, 0.2) is 6.29 Å². The second kappa shape index (κ2) is 5.52. The van der Waals surface area contributed by atoms with Gasteiger partial charge in [-0.2, -0.15) is 0 Å². The van der Waals surface area contributed by atoms with Crippen LogP contribution in [0.4, 0.5) is 8.78 Å². The molecular weight excluding hydrogens is 278 g/mol. The molecule has 1 aliphatic heterocycles. The number of aldehydes is 1. The van der Waals surface area contributed by atoms with Gasteiger partial charge < -0.3 is 9.47 Å². The molecule has 0 fully saturated rings. The predicted octanol–water partition coefficient (Wildman–Crippen LogP) is 3.16. The maximum Gasteiger partial charge on any atom is 0.153 e. The van der Waals surface area contributed by atoms with E-state index >= 15 is 0 Å². The smallest absolute Gasteiger partial charge is 0.153 e. The van der Waals surface area contributed by atoms with Crippen molar-refractivity contribution in [2.45, 2.75) is 12.5 Å². The molecule has 108 valence electrons. The number of hydrogen-bond acceptors (Lipinski definition) is 3. The number of benzene rings is 2. The molecule has 3 rings (SSSR count). The summed E-state index contributed by atoms with van der Waals surface area (Å²) in [6.07, 6.45) is 0.814. The first-order chi connectivity index (χ1) is 10.2. The molecule has 1 atom stereocenters. The standard InChI is InChI=1S/C16H12F2O3/c17-12-2-4-16-10(5-12)7-14(21-16)9-20-15-3-1-13(18)6-11(15)8-19/h1-6,8,14H,7,9H2. The van der Waals surface area contributed by atoms with Crippen molar-refractivity contribution >= 4 is 6.29 Å². The van der Waals surface area contributed by atoms with Crippen molar-refractivity contribution in [2.24, 2.45) is 0 Å². The van der Waals surface area contributed by atoms with Crippen LogP contribution in [0.5, 0.6) is 11.5 Å². The molecule has 5 heteroatoms. The summed E-state index contributed by atoms with van der Waals surface area (Å²) in [4.78, 5) is 10.9. The topological polar surface area (TPSA) is 35.5 Å². The van der Waals surface area contributed by atoms with E-state index < -0.39 is 5.82 Å². The van der Waals surface area contributed by atoms with E-state index in [9.17, 15) is 13.6 Å². The molecule has 2 aromatic carbocycles. The minimum atomic E-state index is -0.496. The van der Waals surface area contributed by atoms with Gasteiger partial charge in [0.2, 0.25) is 0 Å². The molecule has 0 saturated carbocycles. The first-order valence-electron chi connectivity index (χ1n) is 6.48. The molecule has 0 bridgehead atoms. The first kappa shape index (κ1) is 13.5. The lowest BCUT2D eigenvalue weighted by Crippen LogP contribution is -2.22. The SMILES string of the molecule is O=Cc1cc(F)ccc1OCC1Cc2cc(F)ccc2O1. The van der Waals surface area contributed by atoms with Gasteiger partial charge in [-0.3, -0.25) is 4.79 Å². The number of carbonyl (C=O) groups is 1. The molecule has 3 nitrogen and oxygen atoms in total. The third-order valence-electron chi connectivity index (χ3n) is 3.29. The molecule has 0 saturated heterocycles. The van der Waals surface area contributed by atoms with Gasteiger partial charge >= 0.3 is 0 Å². The maximum atomic E-state index is 13.1. The number of halogens is 2. The Labute approximate surface area is 120 Å². The molecule has 0 radical (unpaired) electrons. The average Bonchev–Trinajstić information content (AvgIpc) is 2.87. The van der Waals surface area contributed by atoms with Crippen LogP contribution < -0.4 is 9.47 Å². The Hall–Kier alpha value is -2.43. The Morgan fingerprint density at radius 2 is 1.95 bits per heavy atom. The van der Waals surface area contributed by atoms with Gasteiger partial charge in [0.1, 0.15) is 35.8 Å². The Bertz CT molecular complexity index is 685. The van der Waals surface area contributed by atoms with Crippen LogP contribution in [0.1, 0.15) is 15.9 Å². The van der Waals surface area contributed by atoms with Crippen LogP contribution in [-0.2, 0) is 6.42 Å². The van der Waals surface area contributed by atoms with Crippen molar-refractivity contribution in [3.05, 3.63) is 59.2 Å².